The maximum Gasteiger partial charge on any atom is 0.269 e. The zero-order valence-electron chi connectivity index (χ0n) is 15.4. The van der Waals surface area contributed by atoms with Crippen molar-refractivity contribution in [3.05, 3.63) is 69.1 Å². The third kappa shape index (κ3) is 3.82. The van der Waals surface area contributed by atoms with Crippen LogP contribution in [0.25, 0.3) is 5.69 Å². The van der Waals surface area contributed by atoms with Crippen LogP contribution in [0.3, 0.4) is 0 Å². The van der Waals surface area contributed by atoms with Gasteiger partial charge in [-0.25, -0.2) is 4.98 Å². The molecule has 10 heteroatoms. The van der Waals surface area contributed by atoms with E-state index in [0.717, 1.165) is 31.7 Å². The van der Waals surface area contributed by atoms with Gasteiger partial charge in [0.1, 0.15) is 11.2 Å². The zero-order chi connectivity index (χ0) is 19.6. The molecule has 0 saturated heterocycles. The van der Waals surface area contributed by atoms with Crippen LogP contribution >= 0.6 is 22.7 Å². The number of aromatic nitrogens is 5. The number of benzene rings is 1. The number of thiophene rings is 1. The monoisotopic (exact) mass is 423 g/mol. The lowest BCUT2D eigenvalue weighted by molar-refractivity contribution is 0.103. The van der Waals surface area contributed by atoms with Gasteiger partial charge < -0.3 is 0 Å². The summed E-state index contributed by atoms with van der Waals surface area (Å²) in [6.45, 7) is 2.74. The first kappa shape index (κ1) is 18.1. The number of anilines is 1. The molecule has 1 aliphatic heterocycles. The molecular weight excluding hydrogens is 406 g/mol. The van der Waals surface area contributed by atoms with Gasteiger partial charge in [-0.1, -0.05) is 30.3 Å². The van der Waals surface area contributed by atoms with Crippen LogP contribution in [0.15, 0.2) is 48.1 Å². The predicted octanol–water partition coefficient (Wildman–Crippen LogP) is 2.99. The van der Waals surface area contributed by atoms with Crippen molar-refractivity contribution in [3.63, 3.8) is 0 Å². The fourth-order valence-corrected chi connectivity index (χ4v) is 5.18. The average Bonchev–Trinajstić information content (AvgIpc) is 3.48. The molecule has 0 fully saturated rings. The summed E-state index contributed by atoms with van der Waals surface area (Å²) in [7, 11) is 0. The smallest absolute Gasteiger partial charge is 0.269 e. The van der Waals surface area contributed by atoms with E-state index >= 15 is 0 Å². The second-order valence-electron chi connectivity index (χ2n) is 6.68. The van der Waals surface area contributed by atoms with Crippen LogP contribution in [-0.4, -0.2) is 42.5 Å². The SMILES string of the molecule is O=C(Nc1nc2c(s1)CN(Cc1ccccc1)CC2)c1sccc1-n1cnnn1. The molecular formula is C19H17N7OS2. The predicted molar refractivity (Wildman–Crippen MR) is 111 cm³/mol. The minimum atomic E-state index is -0.197. The van der Waals surface area contributed by atoms with Crippen molar-refractivity contribution in [2.24, 2.45) is 0 Å². The maximum absolute atomic E-state index is 12.8. The van der Waals surface area contributed by atoms with E-state index in [-0.39, 0.29) is 5.91 Å². The molecule has 5 rings (SSSR count). The van der Waals surface area contributed by atoms with E-state index < -0.39 is 0 Å². The van der Waals surface area contributed by atoms with Gasteiger partial charge in [-0.2, -0.15) is 4.68 Å². The molecule has 4 heterocycles. The van der Waals surface area contributed by atoms with Gasteiger partial charge in [-0.15, -0.1) is 27.8 Å². The quantitative estimate of drug-likeness (QED) is 0.531. The Bertz CT molecular complexity index is 1120. The highest BCUT2D eigenvalue weighted by Gasteiger charge is 2.23. The number of hydrogen-bond acceptors (Lipinski definition) is 8. The molecule has 146 valence electrons. The highest BCUT2D eigenvalue weighted by Crippen LogP contribution is 2.30. The lowest BCUT2D eigenvalue weighted by atomic mass is 10.1. The number of hydrogen-bond donors (Lipinski definition) is 1. The molecule has 1 amide bonds. The van der Waals surface area contributed by atoms with Gasteiger partial charge in [0.2, 0.25) is 0 Å². The molecule has 0 spiro atoms. The summed E-state index contributed by atoms with van der Waals surface area (Å²) < 4.78 is 1.49. The van der Waals surface area contributed by atoms with Gasteiger partial charge in [0.05, 0.1) is 11.4 Å². The Morgan fingerprint density at radius 3 is 2.93 bits per heavy atom. The minimum absolute atomic E-state index is 0.197. The van der Waals surface area contributed by atoms with Crippen LogP contribution in [0.2, 0.25) is 0 Å². The van der Waals surface area contributed by atoms with Crippen molar-refractivity contribution in [1.29, 1.82) is 0 Å². The molecule has 29 heavy (non-hydrogen) atoms. The summed E-state index contributed by atoms with van der Waals surface area (Å²) in [6, 6.07) is 12.3. The van der Waals surface area contributed by atoms with Gasteiger partial charge >= 0.3 is 0 Å². The molecule has 0 atom stereocenters. The Kier molecular flexibility index (Phi) is 4.88. The number of nitrogens with one attached hydrogen (secondary N) is 1. The van der Waals surface area contributed by atoms with E-state index in [4.69, 9.17) is 0 Å². The summed E-state index contributed by atoms with van der Waals surface area (Å²) in [6.07, 6.45) is 2.37. The van der Waals surface area contributed by atoms with Gasteiger partial charge in [-0.05, 0) is 27.4 Å². The van der Waals surface area contributed by atoms with Crippen molar-refractivity contribution in [2.75, 3.05) is 11.9 Å². The summed E-state index contributed by atoms with van der Waals surface area (Å²) in [4.78, 5) is 21.6. The highest BCUT2D eigenvalue weighted by molar-refractivity contribution is 7.16. The molecule has 8 nitrogen and oxygen atoms in total. The second kappa shape index (κ2) is 7.82. The van der Waals surface area contributed by atoms with Gasteiger partial charge in [0.15, 0.2) is 5.13 Å². The van der Waals surface area contributed by atoms with Crippen molar-refractivity contribution in [1.82, 2.24) is 30.1 Å². The second-order valence-corrected chi connectivity index (χ2v) is 8.68. The van der Waals surface area contributed by atoms with E-state index in [1.165, 1.54) is 32.8 Å². The molecule has 3 aromatic heterocycles. The van der Waals surface area contributed by atoms with Gasteiger partial charge in [-0.3, -0.25) is 15.0 Å². The van der Waals surface area contributed by atoms with Crippen LogP contribution in [0.1, 0.15) is 25.8 Å². The van der Waals surface area contributed by atoms with Crippen molar-refractivity contribution in [3.8, 4) is 5.69 Å². The molecule has 1 aliphatic rings. The van der Waals surface area contributed by atoms with Crippen molar-refractivity contribution in [2.45, 2.75) is 19.5 Å². The van der Waals surface area contributed by atoms with E-state index in [2.05, 4.69) is 55.0 Å². The molecule has 0 aliphatic carbocycles. The van der Waals surface area contributed by atoms with Crippen LogP contribution in [-0.2, 0) is 19.5 Å². The zero-order valence-corrected chi connectivity index (χ0v) is 17.0. The van der Waals surface area contributed by atoms with E-state index in [9.17, 15) is 4.79 Å². The van der Waals surface area contributed by atoms with Crippen LogP contribution in [0, 0.1) is 0 Å². The van der Waals surface area contributed by atoms with Crippen LogP contribution in [0.4, 0.5) is 5.13 Å². The molecule has 0 saturated carbocycles. The summed E-state index contributed by atoms with van der Waals surface area (Å²) in [5, 5.41) is 16.6. The largest absolute Gasteiger partial charge is 0.297 e. The molecule has 0 bridgehead atoms. The highest BCUT2D eigenvalue weighted by atomic mass is 32.1. The molecule has 1 N–H and O–H groups in total. The number of nitrogens with zero attached hydrogens (tertiary/aromatic N) is 6. The lowest BCUT2D eigenvalue weighted by Crippen LogP contribution is -2.29. The number of carbonyl (C=O) groups is 1. The van der Waals surface area contributed by atoms with E-state index in [0.29, 0.717) is 15.7 Å². The van der Waals surface area contributed by atoms with Crippen molar-refractivity contribution >= 4 is 33.7 Å². The molecule has 4 aromatic rings. The topological polar surface area (TPSA) is 88.8 Å². The third-order valence-electron chi connectivity index (χ3n) is 4.73. The Morgan fingerprint density at radius 2 is 2.10 bits per heavy atom. The Labute approximate surface area is 174 Å². The first-order valence-electron chi connectivity index (χ1n) is 9.13. The van der Waals surface area contributed by atoms with Gasteiger partial charge in [0, 0.05) is 30.9 Å². The number of fused-ring (bicyclic) bond motifs is 1. The van der Waals surface area contributed by atoms with Crippen molar-refractivity contribution < 1.29 is 4.79 Å². The standard InChI is InChI=1S/C19H17N7OS2/c27-18(17-15(7-9-28-17)26-12-20-23-24-26)22-19-21-14-6-8-25(11-16(14)29-19)10-13-4-2-1-3-5-13/h1-5,7,9,12H,6,8,10-11H2,(H,21,22,27). The normalized spacial score (nSPS) is 13.9. The van der Waals surface area contributed by atoms with Crippen LogP contribution < -0.4 is 5.32 Å². The molecule has 0 unspecified atom stereocenters. The number of carbonyl (C=O) groups excluding carboxylic acids is 1. The number of rotatable bonds is 5. The Hall–Kier alpha value is -2.95. The summed E-state index contributed by atoms with van der Waals surface area (Å²) in [5.41, 5.74) is 3.05. The number of tetrazole rings is 1. The first-order valence-corrected chi connectivity index (χ1v) is 10.8. The summed E-state index contributed by atoms with van der Waals surface area (Å²) in [5.74, 6) is -0.197. The van der Waals surface area contributed by atoms with Gasteiger partial charge in [0.25, 0.3) is 5.91 Å². The van der Waals surface area contributed by atoms with Crippen LogP contribution in [0.5, 0.6) is 0 Å². The number of thiazole rings is 1. The molecule has 0 radical (unpaired) electrons. The van der Waals surface area contributed by atoms with E-state index in [1.54, 1.807) is 11.3 Å². The Balaban J connectivity index is 1.29. The average molecular weight is 424 g/mol. The first-order chi connectivity index (χ1) is 14.3. The fourth-order valence-electron chi connectivity index (χ4n) is 3.36. The maximum atomic E-state index is 12.8. The fraction of sp³-hybridized carbons (Fsp3) is 0.211. The third-order valence-corrected chi connectivity index (χ3v) is 6.63. The minimum Gasteiger partial charge on any atom is -0.297 e. The lowest BCUT2D eigenvalue weighted by Gasteiger charge is -2.25. The Morgan fingerprint density at radius 1 is 1.21 bits per heavy atom. The summed E-state index contributed by atoms with van der Waals surface area (Å²) >= 11 is 2.90. The van der Waals surface area contributed by atoms with E-state index in [1.807, 2.05) is 17.5 Å². The number of amides is 1. The molecule has 1 aromatic carbocycles.